The predicted octanol–water partition coefficient (Wildman–Crippen LogP) is 4.91. The number of fused-ring (bicyclic) bond motifs is 1. The molecule has 2 aromatic heterocycles. The van der Waals surface area contributed by atoms with Crippen molar-refractivity contribution in [2.75, 3.05) is 32.8 Å². The topological polar surface area (TPSA) is 67.3 Å². The second-order valence-electron chi connectivity index (χ2n) is 8.88. The maximum Gasteiger partial charge on any atom is 0.252 e. The van der Waals surface area contributed by atoms with E-state index in [1.54, 1.807) is 12.4 Å². The number of carbonyl (C=O) groups is 1. The number of pyridine rings is 2. The molecular formula is C29H30N4O2. The lowest BCUT2D eigenvalue weighted by Crippen LogP contribution is -2.45. The molecule has 0 bridgehead atoms. The number of likely N-dealkylation sites (tertiary alicyclic amines) is 1. The summed E-state index contributed by atoms with van der Waals surface area (Å²) in [6.07, 6.45) is 4.33. The number of hydrogen-bond acceptors (Lipinski definition) is 5. The summed E-state index contributed by atoms with van der Waals surface area (Å²) in [5.41, 5.74) is 4.46. The van der Waals surface area contributed by atoms with Crippen molar-refractivity contribution in [2.24, 2.45) is 0 Å². The van der Waals surface area contributed by atoms with Crippen LogP contribution >= 0.6 is 0 Å². The molecule has 1 aliphatic rings. The molecule has 1 N–H and O–H groups in total. The molecule has 0 unspecified atom stereocenters. The number of carbonyl (C=O) groups excluding carboxylic acids is 1. The van der Waals surface area contributed by atoms with E-state index in [1.165, 1.54) is 5.56 Å². The van der Waals surface area contributed by atoms with Gasteiger partial charge in [0.25, 0.3) is 5.91 Å². The maximum absolute atomic E-state index is 13.1. The second-order valence-corrected chi connectivity index (χ2v) is 8.88. The zero-order valence-electron chi connectivity index (χ0n) is 20.0. The highest BCUT2D eigenvalue weighted by Gasteiger charge is 2.27. The molecule has 2 aromatic carbocycles. The minimum atomic E-state index is -0.0941. The highest BCUT2D eigenvalue weighted by molar-refractivity contribution is 6.06. The van der Waals surface area contributed by atoms with E-state index in [1.807, 2.05) is 43.3 Å². The summed E-state index contributed by atoms with van der Waals surface area (Å²) in [5, 5.41) is 3.86. The second kappa shape index (κ2) is 10.7. The normalized spacial score (nSPS) is 14.0. The Hall–Kier alpha value is -3.77. The van der Waals surface area contributed by atoms with E-state index < -0.39 is 0 Å². The fourth-order valence-electron chi connectivity index (χ4n) is 4.58. The van der Waals surface area contributed by atoms with E-state index in [-0.39, 0.29) is 5.91 Å². The van der Waals surface area contributed by atoms with Crippen LogP contribution in [0.3, 0.4) is 0 Å². The van der Waals surface area contributed by atoms with E-state index in [2.05, 4.69) is 45.5 Å². The minimum absolute atomic E-state index is 0.0941. The summed E-state index contributed by atoms with van der Waals surface area (Å²) in [4.78, 5) is 24.6. The zero-order valence-corrected chi connectivity index (χ0v) is 20.0. The molecule has 6 heteroatoms. The number of benzene rings is 2. The van der Waals surface area contributed by atoms with Crippen LogP contribution in [0.5, 0.6) is 5.75 Å². The van der Waals surface area contributed by atoms with Crippen molar-refractivity contribution in [1.82, 2.24) is 20.2 Å². The Morgan fingerprint density at radius 3 is 2.66 bits per heavy atom. The van der Waals surface area contributed by atoms with Gasteiger partial charge in [0.05, 0.1) is 23.4 Å². The van der Waals surface area contributed by atoms with Crippen molar-refractivity contribution in [3.05, 3.63) is 90.3 Å². The van der Waals surface area contributed by atoms with Gasteiger partial charge < -0.3 is 15.0 Å². The molecular weight excluding hydrogens is 436 g/mol. The average Bonchev–Trinajstić information content (AvgIpc) is 2.88. The fraction of sp³-hybridized carbons (Fsp3) is 0.276. The van der Waals surface area contributed by atoms with Crippen LogP contribution in [0.4, 0.5) is 0 Å². The Balaban J connectivity index is 1.21. The molecule has 0 saturated carbocycles. The lowest BCUT2D eigenvalue weighted by Gasteiger charge is -2.39. The lowest BCUT2D eigenvalue weighted by atomic mass is 9.91. The van der Waals surface area contributed by atoms with Gasteiger partial charge in [-0.1, -0.05) is 30.3 Å². The summed E-state index contributed by atoms with van der Waals surface area (Å²) in [6, 6.07) is 22.2. The lowest BCUT2D eigenvalue weighted by molar-refractivity contribution is 0.0948. The van der Waals surface area contributed by atoms with Crippen LogP contribution in [0.25, 0.3) is 22.2 Å². The fourth-order valence-corrected chi connectivity index (χ4v) is 4.58. The molecule has 1 aliphatic heterocycles. The van der Waals surface area contributed by atoms with Gasteiger partial charge in [0, 0.05) is 48.9 Å². The molecule has 1 fully saturated rings. The quantitative estimate of drug-likeness (QED) is 0.355. The van der Waals surface area contributed by atoms with Gasteiger partial charge in [-0.3, -0.25) is 9.78 Å². The first kappa shape index (κ1) is 23.0. The minimum Gasteiger partial charge on any atom is -0.494 e. The summed E-state index contributed by atoms with van der Waals surface area (Å²) >= 11 is 0. The van der Waals surface area contributed by atoms with Gasteiger partial charge in [-0.15, -0.1) is 0 Å². The molecule has 0 radical (unpaired) electrons. The highest BCUT2D eigenvalue weighted by Crippen LogP contribution is 2.27. The van der Waals surface area contributed by atoms with Gasteiger partial charge in [0.2, 0.25) is 0 Å². The number of amides is 1. The SMILES string of the molecule is CCOc1ccc(-c2cc(C(=O)NCCCN3CC(c4ccccc4)C3)c3cnccc3n2)cc1. The van der Waals surface area contributed by atoms with Gasteiger partial charge in [0.15, 0.2) is 0 Å². The van der Waals surface area contributed by atoms with Gasteiger partial charge in [-0.05, 0) is 61.9 Å². The Bertz CT molecular complexity index is 1290. The summed E-state index contributed by atoms with van der Waals surface area (Å²) in [5.74, 6) is 1.35. The highest BCUT2D eigenvalue weighted by atomic mass is 16.5. The van der Waals surface area contributed by atoms with Gasteiger partial charge in [-0.25, -0.2) is 4.98 Å². The van der Waals surface area contributed by atoms with Crippen molar-refractivity contribution in [3.63, 3.8) is 0 Å². The Morgan fingerprint density at radius 1 is 1.09 bits per heavy atom. The van der Waals surface area contributed by atoms with Crippen LogP contribution in [0.15, 0.2) is 79.1 Å². The molecule has 0 atom stereocenters. The average molecular weight is 467 g/mol. The van der Waals surface area contributed by atoms with Crippen LogP contribution in [0, 0.1) is 0 Å². The van der Waals surface area contributed by atoms with Gasteiger partial charge in [0.1, 0.15) is 5.75 Å². The molecule has 5 rings (SSSR count). The molecule has 0 spiro atoms. The van der Waals surface area contributed by atoms with Crippen molar-refractivity contribution in [2.45, 2.75) is 19.3 Å². The van der Waals surface area contributed by atoms with E-state index >= 15 is 0 Å². The van der Waals surface area contributed by atoms with Crippen molar-refractivity contribution < 1.29 is 9.53 Å². The molecule has 6 nitrogen and oxygen atoms in total. The van der Waals surface area contributed by atoms with Crippen molar-refractivity contribution in [3.8, 4) is 17.0 Å². The molecule has 4 aromatic rings. The number of hydrogen-bond donors (Lipinski definition) is 1. The maximum atomic E-state index is 13.1. The van der Waals surface area contributed by atoms with Crippen molar-refractivity contribution in [1.29, 1.82) is 0 Å². The van der Waals surface area contributed by atoms with Crippen LogP contribution in [0.1, 0.15) is 35.2 Å². The number of rotatable bonds is 9. The Kier molecular flexibility index (Phi) is 7.00. The van der Waals surface area contributed by atoms with E-state index in [0.29, 0.717) is 24.6 Å². The van der Waals surface area contributed by atoms with E-state index in [4.69, 9.17) is 9.72 Å². The molecule has 1 saturated heterocycles. The third-order valence-corrected chi connectivity index (χ3v) is 6.48. The largest absolute Gasteiger partial charge is 0.494 e. The summed E-state index contributed by atoms with van der Waals surface area (Å²) < 4.78 is 5.54. The first-order valence-corrected chi connectivity index (χ1v) is 12.2. The number of aromatic nitrogens is 2. The van der Waals surface area contributed by atoms with Crippen LogP contribution in [0.2, 0.25) is 0 Å². The summed E-state index contributed by atoms with van der Waals surface area (Å²) in [7, 11) is 0. The Morgan fingerprint density at radius 2 is 1.89 bits per heavy atom. The molecule has 35 heavy (non-hydrogen) atoms. The van der Waals surface area contributed by atoms with Gasteiger partial charge in [-0.2, -0.15) is 0 Å². The first-order chi connectivity index (χ1) is 17.2. The smallest absolute Gasteiger partial charge is 0.252 e. The molecule has 0 aliphatic carbocycles. The molecule has 178 valence electrons. The molecule has 1 amide bonds. The summed E-state index contributed by atoms with van der Waals surface area (Å²) in [6.45, 7) is 6.38. The standard InChI is InChI=1S/C29H30N4O2/c1-2-35-24-11-9-22(10-12-24)28-17-25(26-18-30-15-13-27(26)32-28)29(34)31-14-6-16-33-19-23(20-33)21-7-4-3-5-8-21/h3-5,7-13,15,17-18,23H,2,6,14,16,19-20H2,1H3,(H,31,34). The first-order valence-electron chi connectivity index (χ1n) is 12.2. The third-order valence-electron chi connectivity index (χ3n) is 6.48. The number of ether oxygens (including phenoxy) is 1. The number of nitrogens with one attached hydrogen (secondary N) is 1. The molecule has 3 heterocycles. The van der Waals surface area contributed by atoms with Crippen LogP contribution in [-0.4, -0.2) is 53.6 Å². The monoisotopic (exact) mass is 466 g/mol. The third kappa shape index (κ3) is 5.33. The van der Waals surface area contributed by atoms with E-state index in [9.17, 15) is 4.79 Å². The van der Waals surface area contributed by atoms with Crippen molar-refractivity contribution >= 4 is 16.8 Å². The van der Waals surface area contributed by atoms with Gasteiger partial charge >= 0.3 is 0 Å². The van der Waals surface area contributed by atoms with E-state index in [0.717, 1.165) is 54.0 Å². The van der Waals surface area contributed by atoms with Crippen LogP contribution < -0.4 is 10.1 Å². The Labute approximate surface area is 206 Å². The zero-order chi connectivity index (χ0) is 24.0. The van der Waals surface area contributed by atoms with Crippen LogP contribution in [-0.2, 0) is 0 Å². The number of nitrogens with zero attached hydrogens (tertiary/aromatic N) is 3. The predicted molar refractivity (Wildman–Crippen MR) is 139 cm³/mol.